The zero-order chi connectivity index (χ0) is 31.2. The maximum absolute atomic E-state index is 11.1. The van der Waals surface area contributed by atoms with Crippen LogP contribution in [0, 0.1) is 18.3 Å². The summed E-state index contributed by atoms with van der Waals surface area (Å²) >= 11 is 0. The van der Waals surface area contributed by atoms with Gasteiger partial charge >= 0.3 is 0 Å². The van der Waals surface area contributed by atoms with Gasteiger partial charge in [0, 0.05) is 22.9 Å². The van der Waals surface area contributed by atoms with Gasteiger partial charge in [-0.3, -0.25) is 4.99 Å². The van der Waals surface area contributed by atoms with Gasteiger partial charge in [0.05, 0.1) is 5.70 Å². The molecule has 224 valence electrons. The van der Waals surface area contributed by atoms with Crippen LogP contribution in [-0.4, -0.2) is 18.2 Å². The van der Waals surface area contributed by atoms with Gasteiger partial charge in [-0.2, -0.15) is 0 Å². The van der Waals surface area contributed by atoms with Crippen molar-refractivity contribution in [2.24, 2.45) is 16.3 Å². The van der Waals surface area contributed by atoms with Crippen molar-refractivity contribution in [2.45, 2.75) is 108 Å². The summed E-state index contributed by atoms with van der Waals surface area (Å²) < 4.78 is 0. The van der Waals surface area contributed by atoms with Crippen molar-refractivity contribution in [1.82, 2.24) is 5.32 Å². The van der Waals surface area contributed by atoms with Crippen LogP contribution in [0.3, 0.4) is 0 Å². The molecule has 0 radical (unpaired) electrons. The number of aliphatic imine (C=N–C) groups is 1. The molecule has 0 aliphatic carbocycles. The Bertz CT molecular complexity index is 1220. The molecular weight excluding hydrogens is 500 g/mol. The van der Waals surface area contributed by atoms with E-state index in [1.165, 1.54) is 41.5 Å². The standard InChI is InChI=1S/C28H32N2O.C6H14.C4H10/c1-6-25(28(30-19(2)3)16-20(4)18-31)26-17-24(10-9-21(26)5)22-11-13-23(14-12-22)27-8-7-15-29-27;1-5-6(2,3)4;1-4(2)3/h6,9-14,16-17,27,29H,7-8,15H2,1-5H3;5H2,1-4H3;4H,1-3H3/b25-6+,28-16-;;. The van der Waals surface area contributed by atoms with Crippen LogP contribution in [0.5, 0.6) is 0 Å². The van der Waals surface area contributed by atoms with Crippen LogP contribution >= 0.6 is 0 Å². The highest BCUT2D eigenvalue weighted by Crippen LogP contribution is 2.33. The topological polar surface area (TPSA) is 41.5 Å². The minimum Gasteiger partial charge on any atom is -0.310 e. The van der Waals surface area contributed by atoms with Crippen LogP contribution in [0.15, 0.2) is 70.9 Å². The van der Waals surface area contributed by atoms with E-state index in [4.69, 9.17) is 4.99 Å². The van der Waals surface area contributed by atoms with Crippen molar-refractivity contribution in [3.05, 3.63) is 82.6 Å². The summed E-state index contributed by atoms with van der Waals surface area (Å²) in [7, 11) is 0. The molecular formula is C38H56N2O. The van der Waals surface area contributed by atoms with Crippen LogP contribution in [0.1, 0.15) is 118 Å². The third-order valence-corrected chi connectivity index (χ3v) is 6.72. The third kappa shape index (κ3) is 13.5. The zero-order valence-corrected chi connectivity index (χ0v) is 28.0. The van der Waals surface area contributed by atoms with E-state index in [1.807, 2.05) is 32.8 Å². The van der Waals surface area contributed by atoms with Crippen LogP contribution in [0.25, 0.3) is 16.7 Å². The second kappa shape index (κ2) is 17.7. The lowest BCUT2D eigenvalue weighted by molar-refractivity contribution is 0.398. The Hall–Kier alpha value is -3.00. The largest absolute Gasteiger partial charge is 0.310 e. The molecule has 0 saturated carbocycles. The number of nitrogens with zero attached hydrogens (tertiary/aromatic N) is 1. The molecule has 2 aromatic carbocycles. The fourth-order valence-corrected chi connectivity index (χ4v) is 4.06. The lowest BCUT2D eigenvalue weighted by atomic mass is 9.92. The summed E-state index contributed by atoms with van der Waals surface area (Å²) in [6, 6.07) is 15.9. The number of nitrogens with one attached hydrogen (secondary N) is 1. The molecule has 0 bridgehead atoms. The highest BCUT2D eigenvalue weighted by Gasteiger charge is 2.16. The summed E-state index contributed by atoms with van der Waals surface area (Å²) in [6.07, 6.45) is 7.60. The average molecular weight is 557 g/mol. The number of rotatable bonds is 6. The summed E-state index contributed by atoms with van der Waals surface area (Å²) in [5.74, 6) is 2.80. The summed E-state index contributed by atoms with van der Waals surface area (Å²) in [5, 5.41) is 3.56. The molecule has 3 heteroatoms. The van der Waals surface area contributed by atoms with Gasteiger partial charge in [0.25, 0.3) is 0 Å². The average Bonchev–Trinajstić information content (AvgIpc) is 3.44. The number of hydrogen-bond acceptors (Lipinski definition) is 3. The van der Waals surface area contributed by atoms with Crippen molar-refractivity contribution >= 4 is 17.2 Å². The van der Waals surface area contributed by atoms with Crippen molar-refractivity contribution in [3.8, 4) is 11.1 Å². The molecule has 1 atom stereocenters. The number of aryl methyl sites for hydroxylation is 1. The number of allylic oxidation sites excluding steroid dienone is 4. The normalized spacial score (nSPS) is 15.3. The minimum atomic E-state index is 0.481. The van der Waals surface area contributed by atoms with Gasteiger partial charge < -0.3 is 5.32 Å². The first-order valence-corrected chi connectivity index (χ1v) is 15.3. The molecule has 0 spiro atoms. The molecule has 3 rings (SSSR count). The number of benzene rings is 2. The van der Waals surface area contributed by atoms with Crippen LogP contribution < -0.4 is 5.32 Å². The molecule has 1 heterocycles. The first kappa shape index (κ1) is 36.0. The van der Waals surface area contributed by atoms with E-state index in [-0.39, 0.29) is 0 Å². The second-order valence-electron chi connectivity index (χ2n) is 13.0. The van der Waals surface area contributed by atoms with Gasteiger partial charge in [0.1, 0.15) is 5.94 Å². The van der Waals surface area contributed by atoms with E-state index in [0.717, 1.165) is 35.0 Å². The second-order valence-corrected chi connectivity index (χ2v) is 13.0. The van der Waals surface area contributed by atoms with Gasteiger partial charge in [0.2, 0.25) is 0 Å². The van der Waals surface area contributed by atoms with Crippen molar-refractivity contribution in [1.29, 1.82) is 0 Å². The Balaban J connectivity index is 0.000000722. The minimum absolute atomic E-state index is 0.481. The van der Waals surface area contributed by atoms with Crippen LogP contribution in [0.2, 0.25) is 0 Å². The predicted octanol–water partition coefficient (Wildman–Crippen LogP) is 10.7. The predicted molar refractivity (Wildman–Crippen MR) is 182 cm³/mol. The SMILES string of the molecule is C/C=C(/C(=C/C(C)=C=O)N=C(C)C)c1cc(-c2ccc(C3CCCN3)cc2)ccc1C.CC(C)C.CCC(C)(C)C. The lowest BCUT2D eigenvalue weighted by Gasteiger charge is -2.15. The molecule has 41 heavy (non-hydrogen) atoms. The molecule has 0 aromatic heterocycles. The van der Waals surface area contributed by atoms with Gasteiger partial charge in [0.15, 0.2) is 0 Å². The van der Waals surface area contributed by atoms with Gasteiger partial charge in [-0.1, -0.05) is 97.4 Å². The quantitative estimate of drug-likeness (QED) is 0.218. The third-order valence-electron chi connectivity index (χ3n) is 6.72. The molecule has 1 unspecified atom stereocenters. The fourth-order valence-electron chi connectivity index (χ4n) is 4.06. The molecule has 0 amide bonds. The summed E-state index contributed by atoms with van der Waals surface area (Å²) in [4.78, 5) is 15.8. The molecule has 2 aromatic rings. The van der Waals surface area contributed by atoms with E-state index in [0.29, 0.717) is 17.0 Å². The van der Waals surface area contributed by atoms with Crippen molar-refractivity contribution in [2.75, 3.05) is 6.54 Å². The maximum Gasteiger partial charge on any atom is 0.127 e. The number of hydrogen-bond donors (Lipinski definition) is 1. The van der Waals surface area contributed by atoms with E-state index in [1.54, 1.807) is 6.92 Å². The van der Waals surface area contributed by atoms with Gasteiger partial charge in [-0.05, 0) is 105 Å². The number of carbonyl (C=O) groups excluding carboxylic acids is 1. The maximum atomic E-state index is 11.1. The highest BCUT2D eigenvalue weighted by molar-refractivity contribution is 5.88. The molecule has 1 saturated heterocycles. The Morgan fingerprint density at radius 3 is 2.05 bits per heavy atom. The Kier molecular flexibility index (Phi) is 15.6. The Morgan fingerprint density at radius 1 is 1.05 bits per heavy atom. The molecule has 3 nitrogen and oxygen atoms in total. The Morgan fingerprint density at radius 2 is 1.61 bits per heavy atom. The molecule has 1 N–H and O–H groups in total. The highest BCUT2D eigenvalue weighted by atomic mass is 16.1. The fraction of sp³-hybridized carbons (Fsp3) is 0.500. The molecule has 1 aliphatic heterocycles. The zero-order valence-electron chi connectivity index (χ0n) is 28.0. The monoisotopic (exact) mass is 556 g/mol. The van der Waals surface area contributed by atoms with Crippen LogP contribution in [-0.2, 0) is 4.79 Å². The van der Waals surface area contributed by atoms with Gasteiger partial charge in [-0.25, -0.2) is 4.79 Å². The molecule has 1 aliphatic rings. The summed E-state index contributed by atoms with van der Waals surface area (Å²) in [6.45, 7) is 26.3. The lowest BCUT2D eigenvalue weighted by Crippen LogP contribution is -2.12. The van der Waals surface area contributed by atoms with Crippen molar-refractivity contribution in [3.63, 3.8) is 0 Å². The van der Waals surface area contributed by atoms with Crippen molar-refractivity contribution < 1.29 is 4.79 Å². The van der Waals surface area contributed by atoms with Crippen LogP contribution in [0.4, 0.5) is 0 Å². The van der Waals surface area contributed by atoms with E-state index >= 15 is 0 Å². The first-order chi connectivity index (χ1) is 19.2. The van der Waals surface area contributed by atoms with E-state index in [2.05, 4.69) is 109 Å². The smallest absolute Gasteiger partial charge is 0.127 e. The van der Waals surface area contributed by atoms with E-state index in [9.17, 15) is 4.79 Å². The Labute approximate surface area is 252 Å². The van der Waals surface area contributed by atoms with Gasteiger partial charge in [-0.15, -0.1) is 0 Å². The summed E-state index contributed by atoms with van der Waals surface area (Å²) in [5.41, 5.74) is 9.83. The van der Waals surface area contributed by atoms with E-state index < -0.39 is 0 Å². The molecule has 1 fully saturated rings. The first-order valence-electron chi connectivity index (χ1n) is 15.3.